The van der Waals surface area contributed by atoms with Crippen LogP contribution in [0.25, 0.3) is 0 Å². The molecule has 0 aliphatic carbocycles. The zero-order chi connectivity index (χ0) is 19.9. The number of hydrogen-bond acceptors (Lipinski definition) is 4. The molecule has 1 aliphatic heterocycles. The largest absolute Gasteiger partial charge is 0.449 e. The molecule has 2 aromatic rings. The Morgan fingerprint density at radius 2 is 1.89 bits per heavy atom. The van der Waals surface area contributed by atoms with Gasteiger partial charge in [0, 0.05) is 6.42 Å². The van der Waals surface area contributed by atoms with Crippen molar-refractivity contribution in [2.24, 2.45) is 0 Å². The Kier molecular flexibility index (Phi) is 6.76. The molecule has 6 heteroatoms. The summed E-state index contributed by atoms with van der Waals surface area (Å²) in [5.74, 6) is -0.676. The molecule has 5 nitrogen and oxygen atoms in total. The van der Waals surface area contributed by atoms with E-state index in [0.717, 1.165) is 5.56 Å². The Balaban J connectivity index is 1.63. The van der Waals surface area contributed by atoms with Crippen LogP contribution < -0.4 is 0 Å². The van der Waals surface area contributed by atoms with Crippen LogP contribution >= 0.6 is 0 Å². The number of ether oxygens (including phenoxy) is 1. The van der Waals surface area contributed by atoms with Gasteiger partial charge in [-0.1, -0.05) is 42.5 Å². The smallest absolute Gasteiger partial charge is 0.417 e. The van der Waals surface area contributed by atoms with Crippen molar-refractivity contribution in [2.45, 2.75) is 44.2 Å². The zero-order valence-corrected chi connectivity index (χ0v) is 15.6. The number of amides is 2. The van der Waals surface area contributed by atoms with Crippen LogP contribution in [0.2, 0.25) is 0 Å². The van der Waals surface area contributed by atoms with E-state index in [0.29, 0.717) is 37.9 Å². The topological polar surface area (TPSA) is 66.8 Å². The zero-order valence-electron chi connectivity index (χ0n) is 15.6. The first-order valence-corrected chi connectivity index (χ1v) is 9.53. The van der Waals surface area contributed by atoms with Crippen LogP contribution in [-0.2, 0) is 9.53 Å². The van der Waals surface area contributed by atoms with E-state index in [1.165, 1.54) is 29.2 Å². The number of carbonyl (C=O) groups excluding carboxylic acids is 2. The molecule has 0 saturated carbocycles. The number of benzene rings is 2. The van der Waals surface area contributed by atoms with E-state index < -0.39 is 12.2 Å². The Bertz CT molecular complexity index is 794. The van der Waals surface area contributed by atoms with Crippen LogP contribution in [0.1, 0.15) is 55.4 Å². The lowest BCUT2D eigenvalue weighted by Gasteiger charge is -2.27. The first-order chi connectivity index (χ1) is 13.6. The quantitative estimate of drug-likeness (QED) is 0.793. The van der Waals surface area contributed by atoms with Gasteiger partial charge in [-0.3, -0.25) is 4.79 Å². The highest BCUT2D eigenvalue weighted by Gasteiger charge is 2.33. The van der Waals surface area contributed by atoms with Gasteiger partial charge in [0.05, 0.1) is 18.8 Å². The molecule has 0 unspecified atom stereocenters. The molecule has 0 radical (unpaired) electrons. The summed E-state index contributed by atoms with van der Waals surface area (Å²) < 4.78 is 18.2. The van der Waals surface area contributed by atoms with Crippen LogP contribution in [0, 0.1) is 5.82 Å². The molecule has 2 aromatic carbocycles. The lowest BCUT2D eigenvalue weighted by atomic mass is 9.99. The number of aliphatic hydroxyl groups excluding tert-OH is 1. The van der Waals surface area contributed by atoms with E-state index in [-0.39, 0.29) is 24.2 Å². The molecule has 2 atom stereocenters. The molecule has 28 heavy (non-hydrogen) atoms. The lowest BCUT2D eigenvalue weighted by Crippen LogP contribution is -2.39. The second-order valence-corrected chi connectivity index (χ2v) is 6.91. The first-order valence-electron chi connectivity index (χ1n) is 9.53. The third-order valence-corrected chi connectivity index (χ3v) is 4.93. The van der Waals surface area contributed by atoms with Crippen molar-refractivity contribution >= 4 is 12.0 Å². The fourth-order valence-electron chi connectivity index (χ4n) is 3.45. The average Bonchev–Trinajstić information content (AvgIpc) is 2.90. The number of nitrogens with zero attached hydrogens (tertiary/aromatic N) is 1. The Morgan fingerprint density at radius 3 is 2.61 bits per heavy atom. The minimum atomic E-state index is -0.783. The van der Waals surface area contributed by atoms with Crippen LogP contribution in [0.3, 0.4) is 0 Å². The maximum Gasteiger partial charge on any atom is 0.417 e. The highest BCUT2D eigenvalue weighted by molar-refractivity contribution is 5.92. The van der Waals surface area contributed by atoms with Crippen molar-refractivity contribution in [3.8, 4) is 0 Å². The fraction of sp³-hybridized carbons (Fsp3) is 0.364. The van der Waals surface area contributed by atoms with E-state index in [1.54, 1.807) is 0 Å². The summed E-state index contributed by atoms with van der Waals surface area (Å²) in [7, 11) is 0. The average molecular weight is 385 g/mol. The van der Waals surface area contributed by atoms with Gasteiger partial charge in [0.1, 0.15) is 5.82 Å². The molecule has 148 valence electrons. The van der Waals surface area contributed by atoms with Crippen LogP contribution in [0.15, 0.2) is 54.6 Å². The van der Waals surface area contributed by atoms with Gasteiger partial charge in [-0.05, 0) is 48.9 Å². The first kappa shape index (κ1) is 20.0. The normalized spacial score (nSPS) is 18.3. The van der Waals surface area contributed by atoms with Crippen molar-refractivity contribution in [2.75, 3.05) is 6.61 Å². The van der Waals surface area contributed by atoms with Gasteiger partial charge in [0.25, 0.3) is 0 Å². The van der Waals surface area contributed by atoms with Gasteiger partial charge in [0.2, 0.25) is 5.91 Å². The number of hydrogen-bond donors (Lipinski definition) is 1. The summed E-state index contributed by atoms with van der Waals surface area (Å²) >= 11 is 0. The number of rotatable bonds is 6. The molecule has 3 rings (SSSR count). The van der Waals surface area contributed by atoms with Gasteiger partial charge in [0.15, 0.2) is 0 Å². The minimum Gasteiger partial charge on any atom is -0.449 e. The molecule has 1 saturated heterocycles. The van der Waals surface area contributed by atoms with Gasteiger partial charge < -0.3 is 9.84 Å². The van der Waals surface area contributed by atoms with Crippen LogP contribution in [0.5, 0.6) is 0 Å². The van der Waals surface area contributed by atoms with Gasteiger partial charge in [-0.25, -0.2) is 14.1 Å². The van der Waals surface area contributed by atoms with Gasteiger partial charge in [-0.15, -0.1) is 0 Å². The van der Waals surface area contributed by atoms with Gasteiger partial charge >= 0.3 is 6.09 Å². The Hall–Kier alpha value is -2.73. The molecule has 2 amide bonds. The molecular formula is C22H24FNO4. The SMILES string of the molecule is O=C(CCC[C@H](O)c1ccc(F)cc1)N1C(=O)OCCC[C@H]1c1ccccc1. The van der Waals surface area contributed by atoms with Crippen LogP contribution in [0.4, 0.5) is 9.18 Å². The number of cyclic esters (lactones) is 1. The van der Waals surface area contributed by atoms with E-state index in [2.05, 4.69) is 0 Å². The standard InChI is InChI=1S/C22H24FNO4/c23-18-13-11-17(12-14-18)20(25)9-4-10-21(26)24-19(8-5-15-28-22(24)27)16-6-2-1-3-7-16/h1-3,6-7,11-14,19-20,25H,4-5,8-10,15H2/t19-,20-/m0/s1. The van der Waals surface area contributed by atoms with Gasteiger partial charge in [-0.2, -0.15) is 0 Å². The summed E-state index contributed by atoms with van der Waals surface area (Å²) in [5, 5.41) is 10.2. The maximum absolute atomic E-state index is 13.0. The predicted molar refractivity (Wildman–Crippen MR) is 102 cm³/mol. The second-order valence-electron chi connectivity index (χ2n) is 6.91. The molecule has 1 heterocycles. The number of halogens is 1. The second kappa shape index (κ2) is 9.46. The maximum atomic E-state index is 13.0. The molecule has 0 aromatic heterocycles. The Morgan fingerprint density at radius 1 is 1.18 bits per heavy atom. The number of imide groups is 1. The molecule has 1 fully saturated rings. The van der Waals surface area contributed by atoms with E-state index in [1.807, 2.05) is 30.3 Å². The van der Waals surface area contributed by atoms with Crippen molar-refractivity contribution in [1.82, 2.24) is 4.90 Å². The highest BCUT2D eigenvalue weighted by atomic mass is 19.1. The minimum absolute atomic E-state index is 0.122. The van der Waals surface area contributed by atoms with E-state index >= 15 is 0 Å². The predicted octanol–water partition coefficient (Wildman–Crippen LogP) is 4.53. The van der Waals surface area contributed by atoms with Crippen molar-refractivity contribution in [1.29, 1.82) is 0 Å². The summed E-state index contributed by atoms with van der Waals surface area (Å²) in [6.45, 7) is 0.301. The van der Waals surface area contributed by atoms with E-state index in [4.69, 9.17) is 4.74 Å². The number of aliphatic hydroxyl groups is 1. The van der Waals surface area contributed by atoms with Crippen molar-refractivity contribution < 1.29 is 23.8 Å². The van der Waals surface area contributed by atoms with Crippen LogP contribution in [-0.4, -0.2) is 28.6 Å². The van der Waals surface area contributed by atoms with Crippen molar-refractivity contribution in [3.05, 3.63) is 71.5 Å². The third-order valence-electron chi connectivity index (χ3n) is 4.93. The molecule has 0 spiro atoms. The number of carbonyl (C=O) groups is 2. The molecular weight excluding hydrogens is 361 g/mol. The molecule has 1 N–H and O–H groups in total. The molecule has 1 aliphatic rings. The summed E-state index contributed by atoms with van der Waals surface area (Å²) in [6.07, 6.45) is 0.818. The van der Waals surface area contributed by atoms with Crippen molar-refractivity contribution in [3.63, 3.8) is 0 Å². The monoisotopic (exact) mass is 385 g/mol. The third kappa shape index (κ3) is 4.95. The summed E-state index contributed by atoms with van der Waals surface area (Å²) in [6, 6.07) is 14.8. The fourth-order valence-corrected chi connectivity index (χ4v) is 3.45. The van der Waals surface area contributed by atoms with E-state index in [9.17, 15) is 19.1 Å². The Labute approximate surface area is 163 Å². The summed E-state index contributed by atoms with van der Waals surface area (Å²) in [5.41, 5.74) is 1.51. The summed E-state index contributed by atoms with van der Waals surface area (Å²) in [4.78, 5) is 26.4. The highest BCUT2D eigenvalue weighted by Crippen LogP contribution is 2.30. The molecule has 0 bridgehead atoms. The lowest BCUT2D eigenvalue weighted by molar-refractivity contribution is -0.131.